The van der Waals surface area contributed by atoms with E-state index in [1.807, 2.05) is 32.9 Å². The van der Waals surface area contributed by atoms with Gasteiger partial charge in [-0.05, 0) is 35.2 Å². The SMILES string of the molecule is CC(C)(C)c1ccc(C2=[N+]([O-])c3cc(C(F)(F)F)ccc3C2=O)cc1. The van der Waals surface area contributed by atoms with Crippen LogP contribution < -0.4 is 0 Å². The zero-order valence-electron chi connectivity index (χ0n) is 13.9. The number of hydrogen-bond donors (Lipinski definition) is 0. The summed E-state index contributed by atoms with van der Waals surface area (Å²) >= 11 is 0. The second kappa shape index (κ2) is 5.44. The summed E-state index contributed by atoms with van der Waals surface area (Å²) in [5, 5.41) is 12.5. The van der Waals surface area contributed by atoms with E-state index in [2.05, 4.69) is 0 Å². The van der Waals surface area contributed by atoms with Crippen molar-refractivity contribution >= 4 is 17.2 Å². The fourth-order valence-corrected chi connectivity index (χ4v) is 2.78. The number of benzene rings is 2. The average Bonchev–Trinajstić information content (AvgIpc) is 2.77. The first-order chi connectivity index (χ1) is 11.5. The summed E-state index contributed by atoms with van der Waals surface area (Å²) in [7, 11) is 0. The van der Waals surface area contributed by atoms with Gasteiger partial charge in [-0.25, -0.2) is 0 Å². The maximum Gasteiger partial charge on any atom is 0.416 e. The fraction of sp³-hybridized carbons (Fsp3) is 0.263. The zero-order chi connectivity index (χ0) is 18.6. The van der Waals surface area contributed by atoms with E-state index < -0.39 is 17.5 Å². The van der Waals surface area contributed by atoms with Gasteiger partial charge in [0.2, 0.25) is 5.69 Å². The monoisotopic (exact) mass is 347 g/mol. The third-order valence-electron chi connectivity index (χ3n) is 4.23. The molecule has 0 amide bonds. The number of fused-ring (bicyclic) bond motifs is 1. The predicted octanol–water partition coefficient (Wildman–Crippen LogP) is 4.83. The van der Waals surface area contributed by atoms with Gasteiger partial charge in [-0.15, -0.1) is 0 Å². The highest BCUT2D eigenvalue weighted by atomic mass is 19.4. The number of carbonyl (C=O) groups is 1. The Hall–Kier alpha value is -2.63. The molecule has 0 saturated heterocycles. The third kappa shape index (κ3) is 2.92. The van der Waals surface area contributed by atoms with E-state index >= 15 is 0 Å². The molecule has 0 aliphatic carbocycles. The highest BCUT2D eigenvalue weighted by molar-refractivity contribution is 6.52. The summed E-state index contributed by atoms with van der Waals surface area (Å²) in [6.07, 6.45) is -4.57. The lowest BCUT2D eigenvalue weighted by Gasteiger charge is -2.18. The Morgan fingerprint density at radius 3 is 2.00 bits per heavy atom. The molecule has 0 spiro atoms. The van der Waals surface area contributed by atoms with Crippen molar-refractivity contribution in [2.75, 3.05) is 0 Å². The van der Waals surface area contributed by atoms with Crippen molar-refractivity contribution in [2.45, 2.75) is 32.4 Å². The molecule has 0 aromatic heterocycles. The summed E-state index contributed by atoms with van der Waals surface area (Å²) in [5.41, 5.74) is -0.0778. The van der Waals surface area contributed by atoms with Gasteiger partial charge in [0.25, 0.3) is 11.5 Å². The number of Topliss-reactive ketones (excluding diaryl/α,β-unsaturated/α-hetero) is 1. The molecular weight excluding hydrogens is 331 g/mol. The van der Waals surface area contributed by atoms with Crippen molar-refractivity contribution in [1.82, 2.24) is 0 Å². The molecule has 6 heteroatoms. The van der Waals surface area contributed by atoms with Crippen molar-refractivity contribution in [3.05, 3.63) is 69.9 Å². The van der Waals surface area contributed by atoms with Crippen molar-refractivity contribution in [1.29, 1.82) is 0 Å². The lowest BCUT2D eigenvalue weighted by molar-refractivity contribution is -0.355. The molecule has 0 radical (unpaired) electrons. The molecule has 0 bridgehead atoms. The van der Waals surface area contributed by atoms with Gasteiger partial charge in [0.1, 0.15) is 5.56 Å². The maximum absolute atomic E-state index is 12.8. The number of alkyl halides is 3. The van der Waals surface area contributed by atoms with Crippen LogP contribution in [0.5, 0.6) is 0 Å². The van der Waals surface area contributed by atoms with Crippen LogP contribution in [0.25, 0.3) is 0 Å². The van der Waals surface area contributed by atoms with Crippen LogP contribution in [0, 0.1) is 5.21 Å². The van der Waals surface area contributed by atoms with E-state index in [-0.39, 0.29) is 22.4 Å². The quantitative estimate of drug-likeness (QED) is 0.548. The van der Waals surface area contributed by atoms with Crippen LogP contribution in [0.2, 0.25) is 0 Å². The maximum atomic E-state index is 12.8. The summed E-state index contributed by atoms with van der Waals surface area (Å²) in [4.78, 5) is 12.5. The summed E-state index contributed by atoms with van der Waals surface area (Å²) in [6, 6.07) is 9.51. The van der Waals surface area contributed by atoms with Crippen LogP contribution in [0.15, 0.2) is 42.5 Å². The lowest BCUT2D eigenvalue weighted by Crippen LogP contribution is -2.17. The summed E-state index contributed by atoms with van der Waals surface area (Å²) in [6.45, 7) is 6.10. The number of carbonyl (C=O) groups excluding carboxylic acids is 1. The fourth-order valence-electron chi connectivity index (χ4n) is 2.78. The van der Waals surface area contributed by atoms with E-state index in [1.165, 1.54) is 0 Å². The van der Waals surface area contributed by atoms with Crippen molar-refractivity contribution in [3.63, 3.8) is 0 Å². The van der Waals surface area contributed by atoms with Gasteiger partial charge in [-0.1, -0.05) is 32.9 Å². The minimum atomic E-state index is -4.57. The van der Waals surface area contributed by atoms with Gasteiger partial charge in [0, 0.05) is 6.07 Å². The van der Waals surface area contributed by atoms with Crippen LogP contribution in [-0.2, 0) is 11.6 Å². The molecule has 0 N–H and O–H groups in total. The second-order valence-electron chi connectivity index (χ2n) is 7.03. The predicted molar refractivity (Wildman–Crippen MR) is 88.3 cm³/mol. The lowest BCUT2D eigenvalue weighted by atomic mass is 9.86. The molecule has 25 heavy (non-hydrogen) atoms. The zero-order valence-corrected chi connectivity index (χ0v) is 13.9. The minimum Gasteiger partial charge on any atom is -0.618 e. The van der Waals surface area contributed by atoms with Crippen LogP contribution in [0.4, 0.5) is 18.9 Å². The minimum absolute atomic E-state index is 0.0158. The Morgan fingerprint density at radius 2 is 1.48 bits per heavy atom. The first-order valence-electron chi connectivity index (χ1n) is 7.71. The van der Waals surface area contributed by atoms with Gasteiger partial charge in [-0.2, -0.15) is 17.9 Å². The van der Waals surface area contributed by atoms with Gasteiger partial charge in [0.15, 0.2) is 0 Å². The number of ketones is 1. The topological polar surface area (TPSA) is 43.1 Å². The Labute approximate surface area is 143 Å². The molecule has 2 aromatic carbocycles. The highest BCUT2D eigenvalue weighted by Gasteiger charge is 2.40. The Kier molecular flexibility index (Phi) is 3.74. The van der Waals surface area contributed by atoms with Gasteiger partial charge in [-0.3, -0.25) is 4.79 Å². The number of nitrogens with zero attached hydrogens (tertiary/aromatic N) is 1. The molecule has 1 heterocycles. The molecule has 130 valence electrons. The molecule has 0 unspecified atom stereocenters. The Morgan fingerprint density at radius 1 is 0.920 bits per heavy atom. The molecule has 0 atom stereocenters. The Bertz CT molecular complexity index is 888. The largest absolute Gasteiger partial charge is 0.618 e. The summed E-state index contributed by atoms with van der Waals surface area (Å²) < 4.78 is 38.8. The molecule has 3 rings (SSSR count). The van der Waals surface area contributed by atoms with Crippen LogP contribution in [0.3, 0.4) is 0 Å². The molecular formula is C19H16F3NO2. The van der Waals surface area contributed by atoms with E-state index in [4.69, 9.17) is 0 Å². The van der Waals surface area contributed by atoms with Crippen molar-refractivity contribution in [2.24, 2.45) is 0 Å². The number of halogens is 3. The van der Waals surface area contributed by atoms with Crippen molar-refractivity contribution < 1.29 is 22.7 Å². The molecule has 0 fully saturated rings. The number of hydrogen-bond acceptors (Lipinski definition) is 2. The van der Waals surface area contributed by atoms with Gasteiger partial charge < -0.3 is 5.21 Å². The van der Waals surface area contributed by atoms with E-state index in [0.29, 0.717) is 10.3 Å². The Balaban J connectivity index is 2.08. The van der Waals surface area contributed by atoms with E-state index in [1.54, 1.807) is 12.1 Å². The van der Waals surface area contributed by atoms with E-state index in [9.17, 15) is 23.2 Å². The standard InChI is InChI=1S/C19H16F3NO2/c1-18(2,3)12-6-4-11(5-7-12)16-17(24)14-9-8-13(19(20,21)22)10-15(14)23(16)25/h4-10H,1-3H3. The van der Waals surface area contributed by atoms with Crippen LogP contribution in [0.1, 0.15) is 47.8 Å². The molecule has 0 saturated carbocycles. The molecule has 3 nitrogen and oxygen atoms in total. The first-order valence-corrected chi connectivity index (χ1v) is 7.71. The average molecular weight is 347 g/mol. The molecule has 1 aliphatic heterocycles. The third-order valence-corrected chi connectivity index (χ3v) is 4.23. The van der Waals surface area contributed by atoms with Gasteiger partial charge >= 0.3 is 6.18 Å². The highest BCUT2D eigenvalue weighted by Crippen LogP contribution is 2.36. The first kappa shape index (κ1) is 17.2. The summed E-state index contributed by atoms with van der Waals surface area (Å²) in [5.74, 6) is -0.567. The smallest absolute Gasteiger partial charge is 0.416 e. The molecule has 1 aliphatic rings. The molecule has 2 aromatic rings. The second-order valence-corrected chi connectivity index (χ2v) is 7.03. The van der Waals surface area contributed by atoms with Crippen LogP contribution in [-0.4, -0.2) is 16.2 Å². The normalized spacial score (nSPS) is 14.9. The van der Waals surface area contributed by atoms with E-state index in [0.717, 1.165) is 23.8 Å². The van der Waals surface area contributed by atoms with Gasteiger partial charge in [0.05, 0.1) is 11.1 Å². The number of rotatable bonds is 1. The van der Waals surface area contributed by atoms with Crippen LogP contribution >= 0.6 is 0 Å². The van der Waals surface area contributed by atoms with Crippen molar-refractivity contribution in [3.8, 4) is 0 Å².